The highest BCUT2D eigenvalue weighted by Gasteiger charge is 2.33. The molecular weight excluding hydrogens is 159 g/mol. The minimum atomic E-state index is -1.32. The number of hydrogen-bond acceptors (Lipinski definition) is 2. The van der Waals surface area contributed by atoms with Crippen LogP contribution in [0.4, 0.5) is 4.39 Å². The second kappa shape index (κ2) is 3.85. The molecule has 1 rings (SSSR count). The van der Waals surface area contributed by atoms with Crippen molar-refractivity contribution in [1.82, 2.24) is 10.6 Å². The number of nitrogens with one attached hydrogen (secondary N) is 2. The minimum absolute atomic E-state index is 0.0174. The Hall–Kier alpha value is -0.640. The van der Waals surface area contributed by atoms with Crippen LogP contribution in [0.3, 0.4) is 0 Å². The first-order valence-corrected chi connectivity index (χ1v) is 4.26. The van der Waals surface area contributed by atoms with E-state index in [2.05, 4.69) is 10.6 Å². The molecule has 1 aliphatic rings. The van der Waals surface area contributed by atoms with Gasteiger partial charge in [-0.25, -0.2) is 4.39 Å². The van der Waals surface area contributed by atoms with Crippen LogP contribution in [-0.4, -0.2) is 31.7 Å². The smallest absolute Gasteiger partial charge is 0.223 e. The second-order valence-corrected chi connectivity index (χ2v) is 3.28. The highest BCUT2D eigenvalue weighted by atomic mass is 19.1. The van der Waals surface area contributed by atoms with Gasteiger partial charge in [-0.1, -0.05) is 0 Å². The summed E-state index contributed by atoms with van der Waals surface area (Å²) < 4.78 is 13.7. The number of rotatable bonds is 2. The average molecular weight is 174 g/mol. The first kappa shape index (κ1) is 9.45. The van der Waals surface area contributed by atoms with Crippen molar-refractivity contribution in [3.05, 3.63) is 0 Å². The average Bonchev–Trinajstić information content (AvgIpc) is 2.05. The third-order valence-electron chi connectivity index (χ3n) is 2.18. The van der Waals surface area contributed by atoms with Gasteiger partial charge in [0.15, 0.2) is 0 Å². The van der Waals surface area contributed by atoms with Crippen molar-refractivity contribution >= 4 is 5.91 Å². The van der Waals surface area contributed by atoms with Gasteiger partial charge in [0.1, 0.15) is 5.67 Å². The van der Waals surface area contributed by atoms with Gasteiger partial charge in [0, 0.05) is 13.6 Å². The molecule has 1 unspecified atom stereocenters. The van der Waals surface area contributed by atoms with Crippen LogP contribution >= 0.6 is 0 Å². The molecule has 0 saturated carbocycles. The minimum Gasteiger partial charge on any atom is -0.359 e. The Morgan fingerprint density at radius 3 is 3.00 bits per heavy atom. The van der Waals surface area contributed by atoms with Crippen LogP contribution in [0.25, 0.3) is 0 Å². The molecule has 1 atom stereocenters. The van der Waals surface area contributed by atoms with E-state index in [1.54, 1.807) is 0 Å². The van der Waals surface area contributed by atoms with Crippen LogP contribution in [0.5, 0.6) is 0 Å². The number of alkyl halides is 1. The summed E-state index contributed by atoms with van der Waals surface area (Å²) >= 11 is 0. The summed E-state index contributed by atoms with van der Waals surface area (Å²) in [6, 6.07) is 0. The molecular formula is C8H15FN2O. The first-order chi connectivity index (χ1) is 5.66. The second-order valence-electron chi connectivity index (χ2n) is 3.28. The van der Waals surface area contributed by atoms with E-state index < -0.39 is 5.67 Å². The van der Waals surface area contributed by atoms with Crippen LogP contribution in [0.2, 0.25) is 0 Å². The van der Waals surface area contributed by atoms with Crippen molar-refractivity contribution in [2.75, 3.05) is 20.1 Å². The molecule has 1 amide bonds. The fourth-order valence-electron chi connectivity index (χ4n) is 1.46. The highest BCUT2D eigenvalue weighted by molar-refractivity contribution is 5.76. The monoisotopic (exact) mass is 174 g/mol. The molecule has 1 fully saturated rings. The maximum atomic E-state index is 13.7. The Morgan fingerprint density at radius 2 is 2.50 bits per heavy atom. The van der Waals surface area contributed by atoms with Gasteiger partial charge >= 0.3 is 0 Å². The quantitative estimate of drug-likeness (QED) is 0.628. The van der Waals surface area contributed by atoms with E-state index in [0.717, 1.165) is 13.0 Å². The van der Waals surface area contributed by atoms with Crippen LogP contribution in [0.15, 0.2) is 0 Å². The fourth-order valence-corrected chi connectivity index (χ4v) is 1.46. The molecule has 3 nitrogen and oxygen atoms in total. The molecule has 2 N–H and O–H groups in total. The van der Waals surface area contributed by atoms with Gasteiger partial charge in [-0.3, -0.25) is 4.79 Å². The molecule has 0 aromatic heterocycles. The Labute approximate surface area is 71.7 Å². The van der Waals surface area contributed by atoms with E-state index in [1.807, 2.05) is 0 Å². The maximum Gasteiger partial charge on any atom is 0.223 e. The number of carbonyl (C=O) groups excluding carboxylic acids is 1. The van der Waals surface area contributed by atoms with Crippen LogP contribution in [-0.2, 0) is 4.79 Å². The topological polar surface area (TPSA) is 41.1 Å². The molecule has 70 valence electrons. The molecule has 0 aliphatic carbocycles. The lowest BCUT2D eigenvalue weighted by molar-refractivity contribution is -0.123. The summed E-state index contributed by atoms with van der Waals surface area (Å²) in [7, 11) is 1.53. The standard InChI is InChI=1S/C8H15FN2O/c1-10-7(12)5-8(9)3-2-4-11-6-8/h11H,2-6H2,1H3,(H,10,12). The summed E-state index contributed by atoms with van der Waals surface area (Å²) in [5.74, 6) is -0.221. The van der Waals surface area contributed by atoms with Crippen LogP contribution < -0.4 is 10.6 Å². The van der Waals surface area contributed by atoms with Crippen molar-refractivity contribution < 1.29 is 9.18 Å². The zero-order valence-electron chi connectivity index (χ0n) is 7.32. The van der Waals surface area contributed by atoms with Crippen molar-refractivity contribution in [1.29, 1.82) is 0 Å². The van der Waals surface area contributed by atoms with Crippen molar-refractivity contribution in [3.63, 3.8) is 0 Å². The normalized spacial score (nSPS) is 29.8. The Balaban J connectivity index is 2.41. The number of carbonyl (C=O) groups is 1. The zero-order chi connectivity index (χ0) is 9.03. The van der Waals surface area contributed by atoms with Gasteiger partial charge in [0.25, 0.3) is 0 Å². The molecule has 0 aromatic carbocycles. The Kier molecular flexibility index (Phi) is 3.03. The van der Waals surface area contributed by atoms with E-state index in [9.17, 15) is 9.18 Å². The molecule has 1 saturated heterocycles. The van der Waals surface area contributed by atoms with E-state index in [0.29, 0.717) is 13.0 Å². The summed E-state index contributed by atoms with van der Waals surface area (Å²) in [6.07, 6.45) is 1.29. The van der Waals surface area contributed by atoms with Crippen molar-refractivity contribution in [2.24, 2.45) is 0 Å². The number of piperidine rings is 1. The third kappa shape index (κ3) is 2.44. The van der Waals surface area contributed by atoms with Crippen molar-refractivity contribution in [2.45, 2.75) is 24.9 Å². The van der Waals surface area contributed by atoms with E-state index >= 15 is 0 Å². The molecule has 1 heterocycles. The summed E-state index contributed by atoms with van der Waals surface area (Å²) in [5, 5.41) is 5.38. The third-order valence-corrected chi connectivity index (χ3v) is 2.18. The number of hydrogen-bond donors (Lipinski definition) is 2. The number of amides is 1. The van der Waals surface area contributed by atoms with E-state index in [1.165, 1.54) is 7.05 Å². The first-order valence-electron chi connectivity index (χ1n) is 4.26. The van der Waals surface area contributed by atoms with Gasteiger partial charge < -0.3 is 10.6 Å². The molecule has 1 aliphatic heterocycles. The van der Waals surface area contributed by atoms with E-state index in [4.69, 9.17) is 0 Å². The van der Waals surface area contributed by atoms with Gasteiger partial charge in [0.05, 0.1) is 6.42 Å². The molecule has 0 aromatic rings. The highest BCUT2D eigenvalue weighted by Crippen LogP contribution is 2.24. The SMILES string of the molecule is CNC(=O)CC1(F)CCCNC1. The lowest BCUT2D eigenvalue weighted by atomic mass is 9.92. The molecule has 0 radical (unpaired) electrons. The predicted octanol–water partition coefficient (Wildman–Crippen LogP) is 0.214. The Bertz CT molecular complexity index is 166. The van der Waals surface area contributed by atoms with Gasteiger partial charge in [-0.05, 0) is 19.4 Å². The number of halogens is 1. The van der Waals surface area contributed by atoms with Crippen LogP contribution in [0, 0.1) is 0 Å². The Morgan fingerprint density at radius 1 is 1.75 bits per heavy atom. The molecule has 0 bridgehead atoms. The lowest BCUT2D eigenvalue weighted by Crippen LogP contribution is -2.45. The van der Waals surface area contributed by atoms with Gasteiger partial charge in [-0.15, -0.1) is 0 Å². The molecule has 0 spiro atoms. The lowest BCUT2D eigenvalue weighted by Gasteiger charge is -2.29. The predicted molar refractivity (Wildman–Crippen MR) is 44.6 cm³/mol. The molecule has 4 heteroatoms. The largest absolute Gasteiger partial charge is 0.359 e. The van der Waals surface area contributed by atoms with Gasteiger partial charge in [0.2, 0.25) is 5.91 Å². The summed E-state index contributed by atoms with van der Waals surface area (Å²) in [4.78, 5) is 10.9. The summed E-state index contributed by atoms with van der Waals surface area (Å²) in [6.45, 7) is 1.17. The van der Waals surface area contributed by atoms with Gasteiger partial charge in [-0.2, -0.15) is 0 Å². The van der Waals surface area contributed by atoms with Crippen LogP contribution in [0.1, 0.15) is 19.3 Å². The zero-order valence-corrected chi connectivity index (χ0v) is 7.32. The summed E-state index contributed by atoms with van der Waals surface area (Å²) in [5.41, 5.74) is -1.32. The maximum absolute atomic E-state index is 13.7. The fraction of sp³-hybridized carbons (Fsp3) is 0.875. The van der Waals surface area contributed by atoms with Crippen molar-refractivity contribution in [3.8, 4) is 0 Å². The molecule has 12 heavy (non-hydrogen) atoms. The van der Waals surface area contributed by atoms with E-state index in [-0.39, 0.29) is 12.3 Å².